The lowest BCUT2D eigenvalue weighted by Gasteiger charge is -2.29. The summed E-state index contributed by atoms with van der Waals surface area (Å²) in [5.74, 6) is -1.22. The van der Waals surface area contributed by atoms with E-state index in [4.69, 9.17) is 4.74 Å². The topological polar surface area (TPSA) is 105 Å². The Kier molecular flexibility index (Phi) is 5.80. The summed E-state index contributed by atoms with van der Waals surface area (Å²) in [5.41, 5.74) is 3.58. The van der Waals surface area contributed by atoms with Gasteiger partial charge < -0.3 is 20.5 Å². The highest BCUT2D eigenvalue weighted by Crippen LogP contribution is 2.44. The van der Waals surface area contributed by atoms with Crippen molar-refractivity contribution in [2.75, 3.05) is 6.61 Å². The van der Waals surface area contributed by atoms with E-state index in [-0.39, 0.29) is 24.3 Å². The summed E-state index contributed by atoms with van der Waals surface area (Å²) in [4.78, 5) is 37.5. The molecule has 3 atom stereocenters. The highest BCUT2D eigenvalue weighted by atomic mass is 16.5. The number of carboxylic acids is 1. The lowest BCUT2D eigenvalue weighted by atomic mass is 9.84. The molecule has 3 unspecified atom stereocenters. The first-order valence-corrected chi connectivity index (χ1v) is 12.0. The Hall–Kier alpha value is -3.35. The molecule has 2 aromatic carbocycles. The van der Waals surface area contributed by atoms with Gasteiger partial charge in [0.2, 0.25) is 5.91 Å². The summed E-state index contributed by atoms with van der Waals surface area (Å²) in [5, 5.41) is 15.3. The number of hydrogen-bond acceptors (Lipinski definition) is 4. The molecule has 34 heavy (non-hydrogen) atoms. The predicted molar refractivity (Wildman–Crippen MR) is 126 cm³/mol. The molecule has 0 saturated heterocycles. The summed E-state index contributed by atoms with van der Waals surface area (Å²) in [6.45, 7) is 1.86. The summed E-state index contributed by atoms with van der Waals surface area (Å²) in [6.07, 6.45) is 2.98. The van der Waals surface area contributed by atoms with Crippen molar-refractivity contribution in [3.63, 3.8) is 0 Å². The second-order valence-corrected chi connectivity index (χ2v) is 9.96. The standard InChI is InChI=1S/C27H30N2O5/c1-27(25(31)32)14-6-11-22(27)28-24(30)23(16-12-13-16)29-26(33)34-15-21-19-9-4-2-7-17(19)18-8-3-5-10-20(18)21/h2-5,7-10,16,21-23H,6,11-15H2,1H3,(H,28,30)(H,29,33)(H,31,32). The Morgan fingerprint density at radius 1 is 1.03 bits per heavy atom. The molecule has 7 nitrogen and oxygen atoms in total. The third-order valence-electron chi connectivity index (χ3n) is 7.76. The number of carbonyl (C=O) groups is 3. The van der Waals surface area contributed by atoms with E-state index in [2.05, 4.69) is 34.9 Å². The van der Waals surface area contributed by atoms with Gasteiger partial charge in [-0.3, -0.25) is 9.59 Å². The fraction of sp³-hybridized carbons (Fsp3) is 0.444. The number of alkyl carbamates (subject to hydrolysis) is 1. The number of carboxylic acid groups (broad SMARTS) is 1. The number of nitrogens with one attached hydrogen (secondary N) is 2. The Bertz CT molecular complexity index is 1080. The molecule has 0 heterocycles. The molecular weight excluding hydrogens is 432 g/mol. The highest BCUT2D eigenvalue weighted by Gasteiger charge is 2.47. The van der Waals surface area contributed by atoms with E-state index in [0.717, 1.165) is 41.5 Å². The molecule has 2 fully saturated rings. The highest BCUT2D eigenvalue weighted by molar-refractivity contribution is 5.87. The van der Waals surface area contributed by atoms with Crippen molar-refractivity contribution < 1.29 is 24.2 Å². The largest absolute Gasteiger partial charge is 0.481 e. The van der Waals surface area contributed by atoms with E-state index in [1.165, 1.54) is 0 Å². The van der Waals surface area contributed by atoms with Crippen LogP contribution in [0.1, 0.15) is 56.1 Å². The van der Waals surface area contributed by atoms with Gasteiger partial charge in [0.15, 0.2) is 0 Å². The molecule has 2 saturated carbocycles. The average molecular weight is 463 g/mol. The molecule has 0 aromatic heterocycles. The molecular formula is C27H30N2O5. The fourth-order valence-electron chi connectivity index (χ4n) is 5.51. The maximum absolute atomic E-state index is 13.0. The molecule has 0 bridgehead atoms. The van der Waals surface area contributed by atoms with Gasteiger partial charge in [-0.15, -0.1) is 0 Å². The van der Waals surface area contributed by atoms with Gasteiger partial charge in [0.25, 0.3) is 0 Å². The van der Waals surface area contributed by atoms with Crippen LogP contribution in [-0.2, 0) is 14.3 Å². The Morgan fingerprint density at radius 3 is 2.24 bits per heavy atom. The zero-order valence-electron chi connectivity index (χ0n) is 19.3. The van der Waals surface area contributed by atoms with Crippen molar-refractivity contribution in [1.29, 1.82) is 0 Å². The number of benzene rings is 2. The van der Waals surface area contributed by atoms with Crippen LogP contribution in [0.25, 0.3) is 11.1 Å². The zero-order chi connectivity index (χ0) is 23.9. The smallest absolute Gasteiger partial charge is 0.407 e. The Labute approximate surface area is 198 Å². The predicted octanol–water partition coefficient (Wildman–Crippen LogP) is 4.06. The van der Waals surface area contributed by atoms with E-state index < -0.39 is 29.6 Å². The van der Waals surface area contributed by atoms with Crippen molar-refractivity contribution in [1.82, 2.24) is 10.6 Å². The van der Waals surface area contributed by atoms with Crippen LogP contribution < -0.4 is 10.6 Å². The Balaban J connectivity index is 1.23. The van der Waals surface area contributed by atoms with Gasteiger partial charge in [-0.2, -0.15) is 0 Å². The number of carbonyl (C=O) groups excluding carboxylic acids is 2. The number of rotatable bonds is 7. The van der Waals surface area contributed by atoms with Gasteiger partial charge in [0, 0.05) is 12.0 Å². The van der Waals surface area contributed by atoms with Crippen molar-refractivity contribution in [3.8, 4) is 11.1 Å². The lowest BCUT2D eigenvalue weighted by Crippen LogP contribution is -2.54. The van der Waals surface area contributed by atoms with E-state index in [1.54, 1.807) is 6.92 Å². The molecule has 2 aromatic rings. The van der Waals surface area contributed by atoms with Crippen LogP contribution in [0.4, 0.5) is 4.79 Å². The number of hydrogen-bond donors (Lipinski definition) is 3. The maximum atomic E-state index is 13.0. The quantitative estimate of drug-likeness (QED) is 0.576. The molecule has 2 amide bonds. The minimum Gasteiger partial charge on any atom is -0.481 e. The molecule has 0 radical (unpaired) electrons. The summed E-state index contributed by atoms with van der Waals surface area (Å²) >= 11 is 0. The third kappa shape index (κ3) is 4.04. The van der Waals surface area contributed by atoms with Gasteiger partial charge in [-0.05, 0) is 60.8 Å². The van der Waals surface area contributed by atoms with Crippen molar-refractivity contribution in [3.05, 3.63) is 59.7 Å². The molecule has 7 heteroatoms. The SMILES string of the molecule is CC1(C(=O)O)CCCC1NC(=O)C(NC(=O)OCC1c2ccccc2-c2ccccc21)C1CC1. The summed E-state index contributed by atoms with van der Waals surface area (Å²) in [7, 11) is 0. The minimum absolute atomic E-state index is 0.0537. The molecule has 0 aliphatic heterocycles. The van der Waals surface area contributed by atoms with Gasteiger partial charge >= 0.3 is 12.1 Å². The first kappa shape index (κ1) is 22.4. The van der Waals surface area contributed by atoms with Gasteiger partial charge in [0.05, 0.1) is 5.41 Å². The maximum Gasteiger partial charge on any atom is 0.407 e. The first-order valence-electron chi connectivity index (χ1n) is 12.0. The summed E-state index contributed by atoms with van der Waals surface area (Å²) < 4.78 is 5.62. The van der Waals surface area contributed by atoms with Crippen LogP contribution in [0.15, 0.2) is 48.5 Å². The van der Waals surface area contributed by atoms with Gasteiger partial charge in [0.1, 0.15) is 12.6 Å². The van der Waals surface area contributed by atoms with Crippen LogP contribution in [0, 0.1) is 11.3 Å². The van der Waals surface area contributed by atoms with Crippen LogP contribution in [-0.4, -0.2) is 41.8 Å². The number of fused-ring (bicyclic) bond motifs is 3. The normalized spacial score (nSPS) is 24.1. The van der Waals surface area contributed by atoms with E-state index >= 15 is 0 Å². The van der Waals surface area contributed by atoms with Crippen LogP contribution >= 0.6 is 0 Å². The van der Waals surface area contributed by atoms with Gasteiger partial charge in [-0.1, -0.05) is 55.0 Å². The molecule has 3 aliphatic rings. The fourth-order valence-corrected chi connectivity index (χ4v) is 5.51. The minimum atomic E-state index is -0.979. The molecule has 5 rings (SSSR count). The second kappa shape index (κ2) is 8.78. The zero-order valence-corrected chi connectivity index (χ0v) is 19.3. The third-order valence-corrected chi connectivity index (χ3v) is 7.76. The van der Waals surface area contributed by atoms with Crippen LogP contribution in [0.2, 0.25) is 0 Å². The second-order valence-electron chi connectivity index (χ2n) is 9.96. The number of amides is 2. The van der Waals surface area contributed by atoms with Crippen molar-refractivity contribution in [2.24, 2.45) is 11.3 Å². The van der Waals surface area contributed by atoms with E-state index in [1.807, 2.05) is 24.3 Å². The first-order chi connectivity index (χ1) is 16.4. The van der Waals surface area contributed by atoms with Crippen molar-refractivity contribution in [2.45, 2.75) is 57.0 Å². The number of ether oxygens (including phenoxy) is 1. The Morgan fingerprint density at radius 2 is 1.65 bits per heavy atom. The monoisotopic (exact) mass is 462 g/mol. The van der Waals surface area contributed by atoms with Crippen LogP contribution in [0.3, 0.4) is 0 Å². The van der Waals surface area contributed by atoms with Crippen LogP contribution in [0.5, 0.6) is 0 Å². The molecule has 3 N–H and O–H groups in total. The van der Waals surface area contributed by atoms with Crippen molar-refractivity contribution >= 4 is 18.0 Å². The number of aliphatic carboxylic acids is 1. The molecule has 0 spiro atoms. The average Bonchev–Trinajstić information content (AvgIpc) is 3.53. The van der Waals surface area contributed by atoms with E-state index in [0.29, 0.717) is 12.8 Å². The summed E-state index contributed by atoms with van der Waals surface area (Å²) in [6, 6.07) is 15.1. The molecule has 178 valence electrons. The molecule has 3 aliphatic carbocycles. The lowest BCUT2D eigenvalue weighted by molar-refractivity contribution is -0.149. The van der Waals surface area contributed by atoms with Gasteiger partial charge in [-0.25, -0.2) is 4.79 Å². The van der Waals surface area contributed by atoms with E-state index in [9.17, 15) is 19.5 Å².